The Kier molecular flexibility index (Phi) is 9.57. The van der Waals surface area contributed by atoms with Gasteiger partial charge in [-0.25, -0.2) is 8.42 Å². The van der Waals surface area contributed by atoms with E-state index in [0.717, 1.165) is 37.9 Å². The molecule has 0 aliphatic carbocycles. The minimum atomic E-state index is -4.01. The number of nitrogens with zero attached hydrogens (tertiary/aromatic N) is 2. The summed E-state index contributed by atoms with van der Waals surface area (Å²) in [6.07, 6.45) is 4.53. The van der Waals surface area contributed by atoms with Crippen LogP contribution in [-0.4, -0.2) is 70.5 Å². The van der Waals surface area contributed by atoms with Gasteiger partial charge in [0, 0.05) is 49.1 Å². The third-order valence-electron chi connectivity index (χ3n) is 7.59. The van der Waals surface area contributed by atoms with E-state index >= 15 is 0 Å². The van der Waals surface area contributed by atoms with Gasteiger partial charge >= 0.3 is 0 Å². The second-order valence-corrected chi connectivity index (χ2v) is 13.1. The summed E-state index contributed by atoms with van der Waals surface area (Å²) in [5.41, 5.74) is 0.167. The van der Waals surface area contributed by atoms with E-state index in [1.807, 2.05) is 17.9 Å². The molecule has 11 heteroatoms. The topological polar surface area (TPSA) is 85.4 Å². The third kappa shape index (κ3) is 6.76. The van der Waals surface area contributed by atoms with Crippen molar-refractivity contribution in [2.45, 2.75) is 50.3 Å². The fourth-order valence-electron chi connectivity index (χ4n) is 5.37. The van der Waals surface area contributed by atoms with Crippen LogP contribution in [0.2, 0.25) is 10.0 Å². The number of piperidine rings is 2. The van der Waals surface area contributed by atoms with Crippen molar-refractivity contribution in [3.05, 3.63) is 45.9 Å². The summed E-state index contributed by atoms with van der Waals surface area (Å²) < 4.78 is 46.2. The van der Waals surface area contributed by atoms with Crippen LogP contribution >= 0.6 is 23.2 Å². The van der Waals surface area contributed by atoms with Crippen LogP contribution < -0.4 is 14.2 Å². The average Bonchev–Trinajstić information content (AvgIpc) is 2.94. The standard InChI is InChI=1S/C28H36Cl2N2O6S/c1-20-14-21(8-9-22(20)29)38-19-28(17-27(33)31-11-5-4-6-12-31)10-7-13-32(18-28)39(34,35)26-15-23(30)24(36-2)16-25(26)37-3/h8-9,14-16H,4-7,10-13,17-19H2,1-3H3/t28-/m0/s1. The third-order valence-corrected chi connectivity index (χ3v) is 10.2. The number of ether oxygens (including phenoxy) is 3. The quantitative estimate of drug-likeness (QED) is 0.375. The molecule has 2 fully saturated rings. The molecule has 8 nitrogen and oxygen atoms in total. The number of sulfonamides is 1. The smallest absolute Gasteiger partial charge is 0.246 e. The zero-order valence-corrected chi connectivity index (χ0v) is 25.0. The maximum Gasteiger partial charge on any atom is 0.246 e. The molecule has 2 heterocycles. The predicted octanol–water partition coefficient (Wildman–Crippen LogP) is 5.57. The molecule has 2 aromatic carbocycles. The molecule has 0 spiro atoms. The molecule has 0 aromatic heterocycles. The van der Waals surface area contributed by atoms with Gasteiger partial charge in [-0.1, -0.05) is 23.2 Å². The molecule has 39 heavy (non-hydrogen) atoms. The van der Waals surface area contributed by atoms with Crippen molar-refractivity contribution >= 4 is 39.1 Å². The van der Waals surface area contributed by atoms with Crippen LogP contribution in [0, 0.1) is 12.3 Å². The minimum Gasteiger partial charge on any atom is -0.495 e. The van der Waals surface area contributed by atoms with E-state index in [-0.39, 0.29) is 41.1 Å². The van der Waals surface area contributed by atoms with Gasteiger partial charge in [0.25, 0.3) is 0 Å². The van der Waals surface area contributed by atoms with Crippen LogP contribution in [0.5, 0.6) is 17.2 Å². The fourth-order valence-corrected chi connectivity index (χ4v) is 7.55. The number of aryl methyl sites for hydroxylation is 1. The number of methoxy groups -OCH3 is 2. The normalized spacial score (nSPS) is 20.5. The lowest BCUT2D eigenvalue weighted by molar-refractivity contribution is -0.136. The highest BCUT2D eigenvalue weighted by atomic mass is 35.5. The van der Waals surface area contributed by atoms with Crippen molar-refractivity contribution in [3.8, 4) is 17.2 Å². The monoisotopic (exact) mass is 598 g/mol. The maximum absolute atomic E-state index is 13.9. The molecule has 0 radical (unpaired) electrons. The van der Waals surface area contributed by atoms with Gasteiger partial charge in [-0.2, -0.15) is 4.31 Å². The Morgan fingerprint density at radius 3 is 2.33 bits per heavy atom. The van der Waals surface area contributed by atoms with Gasteiger partial charge in [0.2, 0.25) is 15.9 Å². The molecule has 4 rings (SSSR count). The molecule has 2 aliphatic heterocycles. The van der Waals surface area contributed by atoms with Crippen LogP contribution in [0.1, 0.15) is 44.1 Å². The Morgan fingerprint density at radius 1 is 0.949 bits per heavy atom. The largest absolute Gasteiger partial charge is 0.495 e. The van der Waals surface area contributed by atoms with Crippen molar-refractivity contribution in [2.24, 2.45) is 5.41 Å². The van der Waals surface area contributed by atoms with E-state index in [2.05, 4.69) is 0 Å². The lowest BCUT2D eigenvalue weighted by Crippen LogP contribution is -2.51. The molecule has 0 N–H and O–H groups in total. The first kappa shape index (κ1) is 29.8. The first-order valence-electron chi connectivity index (χ1n) is 13.2. The summed E-state index contributed by atoms with van der Waals surface area (Å²) in [5.74, 6) is 1.13. The van der Waals surface area contributed by atoms with Crippen LogP contribution in [0.4, 0.5) is 0 Å². The van der Waals surface area contributed by atoms with Crippen molar-refractivity contribution in [1.29, 1.82) is 0 Å². The van der Waals surface area contributed by atoms with Crippen molar-refractivity contribution < 1.29 is 27.4 Å². The molecule has 2 aromatic rings. The average molecular weight is 600 g/mol. The Bertz CT molecular complexity index is 1300. The van der Waals surface area contributed by atoms with Gasteiger partial charge in [0.15, 0.2) is 0 Å². The number of carbonyl (C=O) groups is 1. The lowest BCUT2D eigenvalue weighted by atomic mass is 9.78. The zero-order valence-electron chi connectivity index (χ0n) is 22.7. The van der Waals surface area contributed by atoms with Crippen molar-refractivity contribution in [1.82, 2.24) is 9.21 Å². The maximum atomic E-state index is 13.9. The minimum absolute atomic E-state index is 0.0370. The summed E-state index contributed by atoms with van der Waals surface area (Å²) in [6.45, 7) is 4.00. The van der Waals surface area contributed by atoms with E-state index in [9.17, 15) is 13.2 Å². The number of rotatable bonds is 9. The number of carbonyl (C=O) groups excluding carboxylic acids is 1. The second kappa shape index (κ2) is 12.5. The summed E-state index contributed by atoms with van der Waals surface area (Å²) in [5, 5.41) is 0.807. The molecule has 214 valence electrons. The SMILES string of the molecule is COc1cc(OC)c(S(=O)(=O)N2CCC[C@](COc3ccc(Cl)c(C)c3)(CC(=O)N3CCCCC3)C2)cc1Cl. The van der Waals surface area contributed by atoms with Crippen molar-refractivity contribution in [3.63, 3.8) is 0 Å². The second-order valence-electron chi connectivity index (χ2n) is 10.4. The first-order chi connectivity index (χ1) is 18.6. The highest BCUT2D eigenvalue weighted by Gasteiger charge is 2.44. The number of likely N-dealkylation sites (tertiary alicyclic amines) is 1. The van der Waals surface area contributed by atoms with E-state index in [1.54, 1.807) is 12.1 Å². The summed E-state index contributed by atoms with van der Waals surface area (Å²) in [4.78, 5) is 15.3. The molecule has 2 aliphatic rings. The Balaban J connectivity index is 1.64. The molecule has 1 amide bonds. The van der Waals surface area contributed by atoms with E-state index < -0.39 is 15.4 Å². The zero-order chi connectivity index (χ0) is 28.2. The van der Waals surface area contributed by atoms with Gasteiger partial charge < -0.3 is 19.1 Å². The molecule has 1 atom stereocenters. The van der Waals surface area contributed by atoms with E-state index in [0.29, 0.717) is 35.9 Å². The van der Waals surface area contributed by atoms with Gasteiger partial charge in [-0.05, 0) is 68.9 Å². The number of halogens is 2. The van der Waals surface area contributed by atoms with Crippen molar-refractivity contribution in [2.75, 3.05) is 47.0 Å². The molecule has 0 saturated carbocycles. The summed E-state index contributed by atoms with van der Waals surface area (Å²) in [7, 11) is -1.15. The number of amides is 1. The van der Waals surface area contributed by atoms with E-state index in [1.165, 1.54) is 30.7 Å². The molecular weight excluding hydrogens is 563 g/mol. The van der Waals surface area contributed by atoms with Gasteiger partial charge in [-0.15, -0.1) is 0 Å². The van der Waals surface area contributed by atoms with Gasteiger partial charge in [0.05, 0.1) is 25.8 Å². The highest BCUT2D eigenvalue weighted by Crippen LogP contribution is 2.41. The Morgan fingerprint density at radius 2 is 1.67 bits per heavy atom. The van der Waals surface area contributed by atoms with Gasteiger partial charge in [-0.3, -0.25) is 4.79 Å². The number of hydrogen-bond donors (Lipinski definition) is 0. The first-order valence-corrected chi connectivity index (χ1v) is 15.4. The Hall–Kier alpha value is -2.20. The molecule has 0 unspecified atom stereocenters. The van der Waals surface area contributed by atoms with Crippen LogP contribution in [-0.2, 0) is 14.8 Å². The Labute approximate surface area is 241 Å². The molecule has 2 saturated heterocycles. The fraction of sp³-hybridized carbons (Fsp3) is 0.536. The van der Waals surface area contributed by atoms with Crippen LogP contribution in [0.3, 0.4) is 0 Å². The summed E-state index contributed by atoms with van der Waals surface area (Å²) >= 11 is 12.5. The number of hydrogen-bond acceptors (Lipinski definition) is 6. The van der Waals surface area contributed by atoms with Crippen LogP contribution in [0.25, 0.3) is 0 Å². The van der Waals surface area contributed by atoms with E-state index in [4.69, 9.17) is 37.4 Å². The predicted molar refractivity (Wildman–Crippen MR) is 152 cm³/mol. The lowest BCUT2D eigenvalue weighted by Gasteiger charge is -2.42. The number of benzene rings is 2. The van der Waals surface area contributed by atoms with Gasteiger partial charge in [0.1, 0.15) is 22.1 Å². The molecular formula is C28H36Cl2N2O6S. The van der Waals surface area contributed by atoms with Crippen LogP contribution in [0.15, 0.2) is 35.2 Å². The highest BCUT2D eigenvalue weighted by molar-refractivity contribution is 7.89. The molecule has 0 bridgehead atoms. The summed E-state index contributed by atoms with van der Waals surface area (Å²) in [6, 6.07) is 8.24.